The van der Waals surface area contributed by atoms with E-state index in [2.05, 4.69) is 5.32 Å². The van der Waals surface area contributed by atoms with Crippen LogP contribution in [-0.4, -0.2) is 40.7 Å². The number of carbonyl (C=O) groups is 1. The predicted molar refractivity (Wildman–Crippen MR) is 38.3 cm³/mol. The van der Waals surface area contributed by atoms with Gasteiger partial charge in [-0.05, 0) is 0 Å². The molecule has 0 aromatic carbocycles. The summed E-state index contributed by atoms with van der Waals surface area (Å²) >= 11 is 0. The Morgan fingerprint density at radius 3 is 2.92 bits per heavy atom. The van der Waals surface area contributed by atoms with E-state index in [4.69, 9.17) is 9.84 Å². The molecule has 0 radical (unpaired) electrons. The summed E-state index contributed by atoms with van der Waals surface area (Å²) in [5.74, 6) is 0. The normalized spacial score (nSPS) is 45.0. The number of nitrogens with one attached hydrogen (secondary N) is 1. The monoisotopic (exact) mass is 171 g/mol. The Morgan fingerprint density at radius 2 is 2.17 bits per heavy atom. The number of alkyl carbamates (subject to hydrolysis) is 1. The highest BCUT2D eigenvalue weighted by molar-refractivity contribution is 5.71. The van der Waals surface area contributed by atoms with Crippen LogP contribution in [0, 0.1) is 0 Å². The Hall–Kier alpha value is -1.07. The number of rotatable bonds is 0. The van der Waals surface area contributed by atoms with Crippen molar-refractivity contribution in [2.75, 3.05) is 0 Å². The fourth-order valence-corrected chi connectivity index (χ4v) is 1.43. The summed E-state index contributed by atoms with van der Waals surface area (Å²) in [4.78, 5) is 10.7. The second-order valence-electron chi connectivity index (χ2n) is 2.91. The molecular weight excluding hydrogens is 162 g/mol. The van der Waals surface area contributed by atoms with Gasteiger partial charge in [0.1, 0.15) is 12.2 Å². The highest BCUT2D eigenvalue weighted by atomic mass is 16.6. The van der Waals surface area contributed by atoms with Crippen molar-refractivity contribution < 1.29 is 19.7 Å². The van der Waals surface area contributed by atoms with E-state index in [1.165, 1.54) is 6.08 Å². The summed E-state index contributed by atoms with van der Waals surface area (Å²) in [6.45, 7) is 0. The molecule has 1 aliphatic heterocycles. The predicted octanol–water partition coefficient (Wildman–Crippen LogP) is -1.25. The molecule has 12 heavy (non-hydrogen) atoms. The van der Waals surface area contributed by atoms with E-state index in [9.17, 15) is 9.90 Å². The first-order valence-corrected chi connectivity index (χ1v) is 3.70. The van der Waals surface area contributed by atoms with Gasteiger partial charge in [0.2, 0.25) is 0 Å². The van der Waals surface area contributed by atoms with E-state index in [1.54, 1.807) is 6.08 Å². The van der Waals surface area contributed by atoms with Crippen LogP contribution in [-0.2, 0) is 4.74 Å². The van der Waals surface area contributed by atoms with Gasteiger partial charge in [-0.1, -0.05) is 12.2 Å². The van der Waals surface area contributed by atoms with Crippen molar-refractivity contribution in [3.05, 3.63) is 12.2 Å². The number of hydrogen-bond donors (Lipinski definition) is 3. The van der Waals surface area contributed by atoms with Crippen LogP contribution in [0.5, 0.6) is 0 Å². The third-order valence-corrected chi connectivity index (χ3v) is 2.08. The Balaban J connectivity index is 2.21. The average Bonchev–Trinajstić information content (AvgIpc) is 2.39. The van der Waals surface area contributed by atoms with Crippen molar-refractivity contribution in [2.45, 2.75) is 24.4 Å². The molecule has 3 N–H and O–H groups in total. The maximum Gasteiger partial charge on any atom is 0.408 e. The molecule has 4 unspecified atom stereocenters. The molecule has 5 nitrogen and oxygen atoms in total. The molecule has 4 atom stereocenters. The van der Waals surface area contributed by atoms with Gasteiger partial charge < -0.3 is 20.3 Å². The molecule has 2 rings (SSSR count). The van der Waals surface area contributed by atoms with Gasteiger partial charge in [0.25, 0.3) is 0 Å². The first-order chi connectivity index (χ1) is 5.68. The summed E-state index contributed by atoms with van der Waals surface area (Å²) in [5, 5.41) is 21.0. The number of ether oxygens (including phenoxy) is 1. The molecule has 0 aromatic heterocycles. The van der Waals surface area contributed by atoms with Gasteiger partial charge in [-0.3, -0.25) is 0 Å². The van der Waals surface area contributed by atoms with Crippen LogP contribution in [0.2, 0.25) is 0 Å². The van der Waals surface area contributed by atoms with E-state index in [0.29, 0.717) is 0 Å². The first-order valence-electron chi connectivity index (χ1n) is 3.70. The lowest BCUT2D eigenvalue weighted by molar-refractivity contribution is -0.0402. The SMILES string of the molecule is O=C1NC2C=CC(O)C(O)C2O1. The molecule has 1 aliphatic carbocycles. The molecule has 5 heteroatoms. The summed E-state index contributed by atoms with van der Waals surface area (Å²) in [7, 11) is 0. The van der Waals surface area contributed by atoms with E-state index >= 15 is 0 Å². The minimum atomic E-state index is -1.03. The number of aliphatic hydroxyl groups is 2. The van der Waals surface area contributed by atoms with Crippen LogP contribution in [0.15, 0.2) is 12.2 Å². The van der Waals surface area contributed by atoms with Crippen molar-refractivity contribution in [1.82, 2.24) is 5.32 Å². The van der Waals surface area contributed by atoms with E-state index in [1.807, 2.05) is 0 Å². The van der Waals surface area contributed by atoms with Gasteiger partial charge in [-0.15, -0.1) is 0 Å². The van der Waals surface area contributed by atoms with E-state index in [0.717, 1.165) is 0 Å². The van der Waals surface area contributed by atoms with Gasteiger partial charge in [0.15, 0.2) is 6.10 Å². The van der Waals surface area contributed by atoms with Gasteiger partial charge in [0.05, 0.1) is 6.04 Å². The average molecular weight is 171 g/mol. The lowest BCUT2D eigenvalue weighted by Gasteiger charge is -2.26. The fraction of sp³-hybridized carbons (Fsp3) is 0.571. The summed E-state index contributed by atoms with van der Waals surface area (Å²) in [6, 6.07) is -0.309. The van der Waals surface area contributed by atoms with Crippen LogP contribution in [0.3, 0.4) is 0 Å². The smallest absolute Gasteiger partial charge is 0.408 e. The molecule has 0 aromatic rings. The van der Waals surface area contributed by atoms with Crippen LogP contribution in [0.25, 0.3) is 0 Å². The largest absolute Gasteiger partial charge is 0.441 e. The van der Waals surface area contributed by atoms with E-state index < -0.39 is 24.4 Å². The zero-order valence-electron chi connectivity index (χ0n) is 6.18. The number of amides is 1. The molecule has 1 amide bonds. The van der Waals surface area contributed by atoms with Gasteiger partial charge in [-0.2, -0.15) is 0 Å². The third-order valence-electron chi connectivity index (χ3n) is 2.08. The number of aliphatic hydroxyl groups excluding tert-OH is 2. The van der Waals surface area contributed by atoms with Crippen LogP contribution in [0.1, 0.15) is 0 Å². The van der Waals surface area contributed by atoms with Crippen molar-refractivity contribution in [1.29, 1.82) is 0 Å². The van der Waals surface area contributed by atoms with Crippen molar-refractivity contribution in [3.8, 4) is 0 Å². The van der Waals surface area contributed by atoms with E-state index in [-0.39, 0.29) is 6.04 Å². The van der Waals surface area contributed by atoms with Crippen molar-refractivity contribution in [3.63, 3.8) is 0 Å². The second kappa shape index (κ2) is 2.46. The molecule has 0 spiro atoms. The second-order valence-corrected chi connectivity index (χ2v) is 2.91. The molecule has 1 saturated heterocycles. The minimum absolute atomic E-state index is 0.309. The first kappa shape index (κ1) is 7.57. The molecular formula is C7H9NO4. The maximum atomic E-state index is 10.7. The molecule has 1 heterocycles. The zero-order chi connectivity index (χ0) is 8.72. The van der Waals surface area contributed by atoms with Crippen LogP contribution >= 0.6 is 0 Å². The van der Waals surface area contributed by atoms with Crippen LogP contribution in [0.4, 0.5) is 4.79 Å². The standard InChI is InChI=1S/C7H9NO4/c9-4-2-1-3-6(5(4)10)12-7(11)8-3/h1-6,9-10H,(H,8,11). The molecule has 1 fully saturated rings. The Bertz CT molecular complexity index is 240. The highest BCUT2D eigenvalue weighted by Gasteiger charge is 2.42. The molecule has 66 valence electrons. The molecule has 2 aliphatic rings. The third kappa shape index (κ3) is 0.981. The number of fused-ring (bicyclic) bond motifs is 1. The lowest BCUT2D eigenvalue weighted by atomic mass is 9.95. The van der Waals surface area contributed by atoms with Gasteiger partial charge in [0, 0.05) is 0 Å². The summed E-state index contributed by atoms with van der Waals surface area (Å²) < 4.78 is 4.74. The number of hydrogen-bond acceptors (Lipinski definition) is 4. The minimum Gasteiger partial charge on any atom is -0.441 e. The summed E-state index contributed by atoms with van der Waals surface area (Å²) in [6.07, 6.45) is -0.119. The van der Waals surface area contributed by atoms with Crippen LogP contribution < -0.4 is 5.32 Å². The van der Waals surface area contributed by atoms with Crippen molar-refractivity contribution >= 4 is 6.09 Å². The Morgan fingerprint density at radius 1 is 1.42 bits per heavy atom. The highest BCUT2D eigenvalue weighted by Crippen LogP contribution is 2.21. The van der Waals surface area contributed by atoms with Crippen molar-refractivity contribution in [2.24, 2.45) is 0 Å². The summed E-state index contributed by atoms with van der Waals surface area (Å²) in [5.41, 5.74) is 0. The molecule has 0 saturated carbocycles. The zero-order valence-corrected chi connectivity index (χ0v) is 6.18. The van der Waals surface area contributed by atoms with Gasteiger partial charge in [-0.25, -0.2) is 4.79 Å². The maximum absolute atomic E-state index is 10.7. The quantitative estimate of drug-likeness (QED) is 0.398. The lowest BCUT2D eigenvalue weighted by Crippen LogP contribution is -2.46. The van der Waals surface area contributed by atoms with Gasteiger partial charge >= 0.3 is 6.09 Å². The fourth-order valence-electron chi connectivity index (χ4n) is 1.43. The Kier molecular flexibility index (Phi) is 1.55. The molecule has 0 bridgehead atoms. The number of carbonyl (C=O) groups excluding carboxylic acids is 1. The topological polar surface area (TPSA) is 78.8 Å². The Labute approximate surface area is 68.6 Å².